The number of aromatic nitrogens is 1. The third-order valence-electron chi connectivity index (χ3n) is 19.1. The highest BCUT2D eigenvalue weighted by atomic mass is 33.1. The lowest BCUT2D eigenvalue weighted by atomic mass is 9.86. The van der Waals surface area contributed by atoms with Crippen LogP contribution in [0.15, 0.2) is 41.6 Å². The minimum absolute atomic E-state index is 0.0811. The topological polar surface area (TPSA) is 326 Å². The molecule has 12 atom stereocenters. The molecule has 0 bridgehead atoms. The van der Waals surface area contributed by atoms with Crippen molar-refractivity contribution in [2.24, 2.45) is 53.3 Å². The molecule has 11 amide bonds. The van der Waals surface area contributed by atoms with Crippen LogP contribution in [0.2, 0.25) is 0 Å². The lowest BCUT2D eigenvalue weighted by Gasteiger charge is -2.41. The number of hydrogen-bond donors (Lipinski definition) is 5. The third-order valence-corrected chi connectivity index (χ3v) is 21.4. The summed E-state index contributed by atoms with van der Waals surface area (Å²) in [6.45, 7) is 28.2. The first-order valence-electron chi connectivity index (χ1n) is 37.1. The molecule has 0 aromatic carbocycles. The minimum Gasteiger partial charge on any atom is -0.390 e. The van der Waals surface area contributed by atoms with Gasteiger partial charge in [0.2, 0.25) is 65.0 Å². The first-order chi connectivity index (χ1) is 48.5. The Kier molecular flexibility index (Phi) is 40.8. The van der Waals surface area contributed by atoms with Gasteiger partial charge in [-0.3, -0.25) is 62.3 Å². The number of carbonyl (C=O) groups is 13. The fraction of sp³-hybridized carbons (Fsp3) is 0.737. The number of amides is 11. The van der Waals surface area contributed by atoms with E-state index in [-0.39, 0.29) is 99.9 Å². The molecular formula is C76H128N12O14S2. The number of rotatable bonds is 26. The van der Waals surface area contributed by atoms with Crippen molar-refractivity contribution in [2.45, 2.75) is 241 Å². The second kappa shape index (κ2) is 45.5. The average molecular weight is 1500 g/mol. The lowest BCUT2D eigenvalue weighted by molar-refractivity contribution is -0.157. The van der Waals surface area contributed by atoms with Crippen molar-refractivity contribution in [1.29, 1.82) is 0 Å². The van der Waals surface area contributed by atoms with Crippen LogP contribution < -0.4 is 21.3 Å². The van der Waals surface area contributed by atoms with Gasteiger partial charge in [-0.25, -0.2) is 4.98 Å². The molecule has 0 saturated carbocycles. The summed E-state index contributed by atoms with van der Waals surface area (Å²) in [5, 5.41) is 24.6. The Hall–Kier alpha value is -6.94. The first-order valence-corrected chi connectivity index (χ1v) is 39.4. The third kappa shape index (κ3) is 29.4. The number of Topliss-reactive ketones (excluding diaryl/α,β-unsaturated/α-hetero) is 2. The standard InChI is InChI=1S/C76H128N12O14S2/c1-24-54-43-60(90)67(68(94)51(14)30-26-25-27-31-61(91)77-35-36-78-62(92)33-37-103-104-63-32-28-29-34-79-63)88(23)76(102)66(50(12)13)87(22)74(100)58(41-48(8)9)86(21)73(99)57(40-47(6)7)85(20)71(97)53(16)80-69(95)52(15)42-59(89)55(38-45(2)3)84(19)75(101)65(49(10)11)81-70(96)56(39-46(4)5)83(18)64(93)44-82(17)72(54)98/h25-26,28-29,32,34,45-58,65-68,94H,24,27,30-31,33,35-44H2,1-23H3,(H,77,91)(H,78,92)(H,80,95)(H,81,96)/b26-25+/t51-,52-,53-,54-,55+,56+,57+,58+,65?,66+,67-,68-/m1/s1. The van der Waals surface area contributed by atoms with E-state index in [9.17, 15) is 48.3 Å². The number of likely N-dealkylation sites (N-methyl/N-ethyl adjacent to an activating group) is 7. The van der Waals surface area contributed by atoms with Crippen molar-refractivity contribution in [2.75, 3.05) is 74.7 Å². The van der Waals surface area contributed by atoms with Gasteiger partial charge in [-0.05, 0) is 116 Å². The quantitative estimate of drug-likeness (QED) is 0.0367. The van der Waals surface area contributed by atoms with E-state index in [0.717, 1.165) is 14.8 Å². The van der Waals surface area contributed by atoms with E-state index in [1.54, 1.807) is 59.9 Å². The number of hydrogen-bond acceptors (Lipinski definition) is 17. The molecule has 1 aromatic rings. The fourth-order valence-electron chi connectivity index (χ4n) is 12.7. The van der Waals surface area contributed by atoms with Gasteiger partial charge in [-0.15, -0.1) is 0 Å². The number of aliphatic hydroxyl groups excluding tert-OH is 1. The van der Waals surface area contributed by atoms with Crippen molar-refractivity contribution in [3.8, 4) is 0 Å². The molecule has 1 unspecified atom stereocenters. The lowest BCUT2D eigenvalue weighted by Crippen LogP contribution is -2.61. The normalized spacial score (nSPS) is 24.1. The van der Waals surface area contributed by atoms with E-state index in [4.69, 9.17) is 0 Å². The highest BCUT2D eigenvalue weighted by Crippen LogP contribution is 2.31. The summed E-state index contributed by atoms with van der Waals surface area (Å²) >= 11 is 0. The van der Waals surface area contributed by atoms with E-state index in [1.165, 1.54) is 109 Å². The minimum atomic E-state index is -1.61. The molecule has 588 valence electrons. The molecule has 28 heteroatoms. The number of nitrogens with zero attached hydrogens (tertiary/aromatic N) is 8. The molecule has 1 saturated heterocycles. The molecule has 1 aliphatic heterocycles. The molecule has 0 radical (unpaired) electrons. The summed E-state index contributed by atoms with van der Waals surface area (Å²) in [4.78, 5) is 201. The van der Waals surface area contributed by atoms with Crippen LogP contribution in [0, 0.1) is 53.3 Å². The van der Waals surface area contributed by atoms with Gasteiger partial charge in [0, 0.05) is 112 Å². The van der Waals surface area contributed by atoms with Gasteiger partial charge in [0.15, 0.2) is 11.6 Å². The smallest absolute Gasteiger partial charge is 0.246 e. The van der Waals surface area contributed by atoms with Crippen LogP contribution >= 0.6 is 21.6 Å². The van der Waals surface area contributed by atoms with E-state index in [0.29, 0.717) is 18.6 Å². The summed E-state index contributed by atoms with van der Waals surface area (Å²) < 4.78 is 0. The van der Waals surface area contributed by atoms with Crippen molar-refractivity contribution < 1.29 is 67.4 Å². The van der Waals surface area contributed by atoms with Crippen molar-refractivity contribution in [3.05, 3.63) is 36.5 Å². The summed E-state index contributed by atoms with van der Waals surface area (Å²) in [6.07, 6.45) is 4.42. The van der Waals surface area contributed by atoms with Gasteiger partial charge in [0.1, 0.15) is 47.3 Å². The van der Waals surface area contributed by atoms with Crippen LogP contribution in [0.3, 0.4) is 0 Å². The largest absolute Gasteiger partial charge is 0.390 e. The monoisotopic (exact) mass is 1500 g/mol. The number of pyridine rings is 1. The van der Waals surface area contributed by atoms with Crippen LogP contribution in [-0.2, 0) is 62.3 Å². The van der Waals surface area contributed by atoms with Gasteiger partial charge < -0.3 is 60.7 Å². The summed E-state index contributed by atoms with van der Waals surface area (Å²) in [6, 6.07) is -4.22. The number of carbonyl (C=O) groups excluding carboxylic acids is 13. The fourth-order valence-corrected chi connectivity index (χ4v) is 14.6. The molecular weight excluding hydrogens is 1370 g/mol. The van der Waals surface area contributed by atoms with E-state index >= 15 is 19.2 Å². The van der Waals surface area contributed by atoms with Gasteiger partial charge in [-0.1, -0.05) is 133 Å². The molecule has 1 fully saturated rings. The van der Waals surface area contributed by atoms with Crippen LogP contribution in [0.25, 0.3) is 0 Å². The Balaban J connectivity index is 2.78. The summed E-state index contributed by atoms with van der Waals surface area (Å²) in [7, 11) is 13.0. The zero-order chi connectivity index (χ0) is 79.3. The predicted molar refractivity (Wildman–Crippen MR) is 408 cm³/mol. The molecule has 26 nitrogen and oxygen atoms in total. The van der Waals surface area contributed by atoms with Gasteiger partial charge in [0.25, 0.3) is 0 Å². The second-order valence-electron chi connectivity index (χ2n) is 30.7. The zero-order valence-electron chi connectivity index (χ0n) is 66.6. The SMILES string of the molecule is CC[C@@H]1CC(=O)[C@H]([C@H](O)[C@H](C)C/C=C/CCC(=O)NCCNC(=O)CCSSc2ccccn2)N(C)C(=O)[C@H](C(C)C)N(C)C(=O)[C@H](CC(C)C)N(C)C(=O)[C@H](CC(C)C)N(C)C(=O)[C@@H](C)NC(=O)[C@H](C)CC(=O)[C@H](CC(C)C)N(C)C(=O)C(C(C)C)NC(=O)[C@H](CC(C)C)N(C)C(=O)CN(C)C1=O. The number of aliphatic hydroxyl groups is 1. The maximum atomic E-state index is 15.5. The number of ketones is 2. The summed E-state index contributed by atoms with van der Waals surface area (Å²) in [5.74, 6) is -11.2. The molecule has 0 spiro atoms. The Labute approximate surface area is 628 Å². The van der Waals surface area contributed by atoms with Gasteiger partial charge in [0.05, 0.1) is 18.7 Å². The van der Waals surface area contributed by atoms with Crippen molar-refractivity contribution >= 4 is 98.1 Å². The second-order valence-corrected chi connectivity index (χ2v) is 33.1. The molecule has 1 aromatic heterocycles. The van der Waals surface area contributed by atoms with Gasteiger partial charge >= 0.3 is 0 Å². The number of nitrogens with one attached hydrogen (secondary N) is 4. The first kappa shape index (κ1) is 93.1. The Morgan fingerprint density at radius 3 is 1.60 bits per heavy atom. The highest BCUT2D eigenvalue weighted by Gasteiger charge is 2.46. The van der Waals surface area contributed by atoms with Crippen molar-refractivity contribution in [1.82, 2.24) is 60.6 Å². The zero-order valence-corrected chi connectivity index (χ0v) is 68.2. The average Bonchev–Trinajstić information content (AvgIpc) is 0.802. The highest BCUT2D eigenvalue weighted by molar-refractivity contribution is 8.76. The number of allylic oxidation sites excluding steroid dienone is 2. The Morgan fingerprint density at radius 1 is 0.567 bits per heavy atom. The van der Waals surface area contributed by atoms with E-state index in [1.807, 2.05) is 73.6 Å². The molecule has 1 aliphatic rings. The molecule has 2 heterocycles. The maximum absolute atomic E-state index is 15.5. The van der Waals surface area contributed by atoms with Crippen LogP contribution in [0.4, 0.5) is 0 Å². The molecule has 104 heavy (non-hydrogen) atoms. The van der Waals surface area contributed by atoms with Crippen LogP contribution in [0.5, 0.6) is 0 Å². The molecule has 0 aliphatic carbocycles. The predicted octanol–water partition coefficient (Wildman–Crippen LogP) is 6.67. The summed E-state index contributed by atoms with van der Waals surface area (Å²) in [5.41, 5.74) is 0. The van der Waals surface area contributed by atoms with Crippen LogP contribution in [-0.4, -0.2) is 250 Å². The molecule has 2 rings (SSSR count). The Bertz CT molecular complexity index is 3040. The Morgan fingerprint density at radius 2 is 1.08 bits per heavy atom. The van der Waals surface area contributed by atoms with Crippen molar-refractivity contribution in [3.63, 3.8) is 0 Å². The maximum Gasteiger partial charge on any atom is 0.246 e. The van der Waals surface area contributed by atoms with Crippen LogP contribution in [0.1, 0.15) is 181 Å². The van der Waals surface area contributed by atoms with E-state index < -0.39 is 162 Å². The molecule has 5 N–H and O–H groups in total. The van der Waals surface area contributed by atoms with E-state index in [2.05, 4.69) is 26.3 Å². The van der Waals surface area contributed by atoms with Gasteiger partial charge in [-0.2, -0.15) is 0 Å².